The third-order valence-electron chi connectivity index (χ3n) is 8.04. The van der Waals surface area contributed by atoms with Crippen LogP contribution in [-0.4, -0.2) is 19.6 Å². The molecule has 0 amide bonds. The van der Waals surface area contributed by atoms with E-state index in [4.69, 9.17) is 4.65 Å². The summed E-state index contributed by atoms with van der Waals surface area (Å²) in [5, 5.41) is 0. The van der Waals surface area contributed by atoms with E-state index in [-0.39, 0.29) is 25.1 Å². The molecular weight excluding hydrogens is 605 g/mol. The fraction of sp³-hybridized carbons (Fsp3) is 0.357. The van der Waals surface area contributed by atoms with Gasteiger partial charge in [0.1, 0.15) is 6.04 Å². The number of aryl methyl sites for hydroxylation is 1. The van der Waals surface area contributed by atoms with E-state index in [1.54, 1.807) is 31.2 Å². The minimum Gasteiger partial charge on any atom is -0.368 e. The smallest absolute Gasteiger partial charge is 0.368 e. The summed E-state index contributed by atoms with van der Waals surface area (Å²) in [5.41, 5.74) is -10.3. The molecule has 0 bridgehead atoms. The lowest BCUT2D eigenvalue weighted by atomic mass is 9.70. The predicted molar refractivity (Wildman–Crippen MR) is 130 cm³/mol. The summed E-state index contributed by atoms with van der Waals surface area (Å²) >= 11 is 0. The number of hydrogen-bond acceptors (Lipinski definition) is 1. The maximum atomic E-state index is 13.9. The third-order valence-corrected chi connectivity index (χ3v) is 8.04. The molecule has 0 radical (unpaired) electrons. The number of fused-ring (bicyclic) bond motifs is 1. The topological polar surface area (TPSA) is 13.7 Å². The second kappa shape index (κ2) is 10.2. The van der Waals surface area contributed by atoms with Gasteiger partial charge in [0.2, 0.25) is 0 Å². The molecule has 2 aliphatic heterocycles. The normalized spacial score (nSPS) is 20.9. The van der Waals surface area contributed by atoms with Crippen LogP contribution in [0.3, 0.4) is 0 Å². The highest BCUT2D eigenvalue weighted by Gasteiger charge is 2.65. The van der Waals surface area contributed by atoms with E-state index in [1.807, 2.05) is 0 Å². The van der Waals surface area contributed by atoms with E-state index in [0.717, 1.165) is 0 Å². The third kappa shape index (κ3) is 5.61. The average molecular weight is 626 g/mol. The SMILES string of the molecule is Cc1ccccc1B1OC(c2cc(C(F)(F)F)cc(C(F)(F)F)c2)(c2cc(C(F)(F)F)cc(C(F)(F)F)c2)[C@H]2CCC[NH+]12. The largest absolute Gasteiger partial charge is 0.611 e. The summed E-state index contributed by atoms with van der Waals surface area (Å²) in [6.45, 7) is 1.91. The molecule has 3 aromatic rings. The van der Waals surface area contributed by atoms with Crippen molar-refractivity contribution in [2.75, 3.05) is 6.54 Å². The number of quaternary nitrogens is 1. The molecule has 0 saturated carbocycles. The van der Waals surface area contributed by atoms with Gasteiger partial charge in [-0.1, -0.05) is 24.3 Å². The average Bonchev–Trinajstić information content (AvgIpc) is 3.49. The van der Waals surface area contributed by atoms with Gasteiger partial charge in [-0.3, -0.25) is 0 Å². The van der Waals surface area contributed by atoms with E-state index >= 15 is 0 Å². The minimum atomic E-state index is -5.33. The van der Waals surface area contributed by atoms with E-state index in [0.29, 0.717) is 46.5 Å². The Morgan fingerprint density at radius 3 is 1.49 bits per heavy atom. The Bertz CT molecular complexity index is 1390. The van der Waals surface area contributed by atoms with Gasteiger partial charge in [0.25, 0.3) is 0 Å². The Morgan fingerprint density at radius 1 is 0.674 bits per heavy atom. The number of hydrogen-bond donors (Lipinski definition) is 1. The zero-order valence-electron chi connectivity index (χ0n) is 22.0. The molecule has 1 unspecified atom stereocenters. The molecule has 3 aromatic carbocycles. The lowest BCUT2D eigenvalue weighted by molar-refractivity contribution is -0.799. The summed E-state index contributed by atoms with van der Waals surface area (Å²) in [4.78, 5) is 0.464. The molecule has 0 spiro atoms. The quantitative estimate of drug-likeness (QED) is 0.250. The molecule has 2 saturated heterocycles. The van der Waals surface area contributed by atoms with Crippen molar-refractivity contribution in [3.8, 4) is 0 Å². The van der Waals surface area contributed by atoms with Crippen molar-refractivity contribution in [1.82, 2.24) is 0 Å². The molecule has 2 aliphatic rings. The van der Waals surface area contributed by atoms with Crippen molar-refractivity contribution >= 4 is 12.5 Å². The molecule has 230 valence electrons. The van der Waals surface area contributed by atoms with Gasteiger partial charge < -0.3 is 9.47 Å². The molecule has 43 heavy (non-hydrogen) atoms. The van der Waals surface area contributed by atoms with Crippen LogP contribution in [0.15, 0.2) is 60.7 Å². The van der Waals surface area contributed by atoms with E-state index in [9.17, 15) is 52.7 Å². The Balaban J connectivity index is 1.90. The van der Waals surface area contributed by atoms with Crippen molar-refractivity contribution in [3.05, 3.63) is 99.6 Å². The first-order valence-electron chi connectivity index (χ1n) is 12.9. The number of nitrogens with one attached hydrogen (secondary N) is 1. The fourth-order valence-electron chi connectivity index (χ4n) is 6.18. The molecule has 15 heteroatoms. The van der Waals surface area contributed by atoms with Crippen LogP contribution in [0.1, 0.15) is 51.8 Å². The van der Waals surface area contributed by atoms with Crippen molar-refractivity contribution in [3.63, 3.8) is 0 Å². The maximum absolute atomic E-state index is 13.9. The molecule has 2 fully saturated rings. The van der Waals surface area contributed by atoms with Gasteiger partial charge in [-0.25, -0.2) is 0 Å². The highest BCUT2D eigenvalue weighted by atomic mass is 19.4. The van der Waals surface area contributed by atoms with Gasteiger partial charge in [-0.15, -0.1) is 0 Å². The summed E-state index contributed by atoms with van der Waals surface area (Å²) < 4.78 is 174. The first-order valence-corrected chi connectivity index (χ1v) is 12.9. The Hall–Kier alpha value is -3.20. The van der Waals surface area contributed by atoms with Crippen molar-refractivity contribution in [2.45, 2.75) is 56.1 Å². The molecule has 5 rings (SSSR count). The van der Waals surface area contributed by atoms with Crippen LogP contribution in [0, 0.1) is 6.92 Å². The molecule has 1 N–H and O–H groups in total. The standard InChI is InChI=1S/C28H20BF12NO/c1-15-5-2-3-6-22(15)29-42-8-4-7-23(42)24(43-29,16-9-18(25(30,31)32)13-19(10-16)26(33,34)35)17-11-20(27(36,37)38)14-21(12-17)28(39,40)41/h2-3,5-6,9-14,23H,4,7-8H2,1H3/p+1/t23-/m1/s1. The van der Waals surface area contributed by atoms with Gasteiger partial charge in [0.05, 0.1) is 28.8 Å². The van der Waals surface area contributed by atoms with Crippen LogP contribution in [-0.2, 0) is 35.0 Å². The Kier molecular flexibility index (Phi) is 7.40. The van der Waals surface area contributed by atoms with Crippen LogP contribution >= 0.6 is 0 Å². The van der Waals surface area contributed by atoms with Crippen LogP contribution < -0.4 is 10.3 Å². The number of alkyl halides is 12. The van der Waals surface area contributed by atoms with Crippen LogP contribution in [0.4, 0.5) is 52.7 Å². The summed E-state index contributed by atoms with van der Waals surface area (Å²) in [5.74, 6) is 0. The molecule has 2 heterocycles. The number of halogens is 12. The van der Waals surface area contributed by atoms with Crippen molar-refractivity contribution in [1.29, 1.82) is 0 Å². The minimum absolute atomic E-state index is 0.0346. The van der Waals surface area contributed by atoms with Gasteiger partial charge in [0.15, 0.2) is 5.60 Å². The zero-order chi connectivity index (χ0) is 31.8. The lowest BCUT2D eigenvalue weighted by Gasteiger charge is -2.35. The number of rotatable bonds is 3. The highest BCUT2D eigenvalue weighted by molar-refractivity contribution is 6.60. The van der Waals surface area contributed by atoms with Crippen LogP contribution in [0.2, 0.25) is 0 Å². The summed E-state index contributed by atoms with van der Waals surface area (Å²) in [6, 6.07) is 6.31. The molecule has 2 atom stereocenters. The second-order valence-electron chi connectivity index (χ2n) is 10.7. The number of benzene rings is 3. The van der Waals surface area contributed by atoms with Crippen molar-refractivity contribution in [2.24, 2.45) is 0 Å². The van der Waals surface area contributed by atoms with Gasteiger partial charge in [-0.2, -0.15) is 52.7 Å². The van der Waals surface area contributed by atoms with Crippen LogP contribution in [0.5, 0.6) is 0 Å². The van der Waals surface area contributed by atoms with Gasteiger partial charge in [0, 0.05) is 18.3 Å². The maximum Gasteiger partial charge on any atom is 0.611 e. The van der Waals surface area contributed by atoms with Crippen molar-refractivity contribution < 1.29 is 62.2 Å². The second-order valence-corrected chi connectivity index (χ2v) is 10.7. The first kappa shape index (κ1) is 31.2. The monoisotopic (exact) mass is 626 g/mol. The zero-order valence-corrected chi connectivity index (χ0v) is 22.0. The lowest BCUT2D eigenvalue weighted by Crippen LogP contribution is -3.19. The van der Waals surface area contributed by atoms with Gasteiger partial charge >= 0.3 is 31.8 Å². The highest BCUT2D eigenvalue weighted by Crippen LogP contribution is 2.48. The molecule has 0 aromatic heterocycles. The van der Waals surface area contributed by atoms with E-state index < -0.39 is 76.8 Å². The molecule has 0 aliphatic carbocycles. The Labute approximate surface area is 237 Å². The Morgan fingerprint density at radius 2 is 1.09 bits per heavy atom. The summed E-state index contributed by atoms with van der Waals surface area (Å²) in [6.07, 6.45) is -21.0. The first-order chi connectivity index (χ1) is 19.7. The predicted octanol–water partition coefficient (Wildman–Crippen LogP) is 6.79. The van der Waals surface area contributed by atoms with E-state index in [1.165, 1.54) is 0 Å². The molecule has 2 nitrogen and oxygen atoms in total. The summed E-state index contributed by atoms with van der Waals surface area (Å²) in [7, 11) is -1.12. The van der Waals surface area contributed by atoms with Gasteiger partial charge in [-0.05, 0) is 60.0 Å². The van der Waals surface area contributed by atoms with Crippen LogP contribution in [0.25, 0.3) is 0 Å². The molecular formula is C28H21BF12NO+. The van der Waals surface area contributed by atoms with E-state index in [2.05, 4.69) is 0 Å². The fourth-order valence-corrected chi connectivity index (χ4v) is 6.18.